The number of aryl methyl sites for hydroxylation is 3. The number of pyridine rings is 1. The molecule has 0 radical (unpaired) electrons. The largest absolute Gasteiger partial charge is 0.337 e. The molecular formula is C19H22N4OS. The molecule has 0 saturated carbocycles. The quantitative estimate of drug-likeness (QED) is 0.672. The predicted molar refractivity (Wildman–Crippen MR) is 102 cm³/mol. The molecule has 0 bridgehead atoms. The van der Waals surface area contributed by atoms with Crippen molar-refractivity contribution in [1.82, 2.24) is 19.7 Å². The summed E-state index contributed by atoms with van der Waals surface area (Å²) >= 11 is 1.71. The Morgan fingerprint density at radius 3 is 2.56 bits per heavy atom. The number of rotatable bonds is 4. The predicted octanol–water partition coefficient (Wildman–Crippen LogP) is 3.58. The summed E-state index contributed by atoms with van der Waals surface area (Å²) in [5, 5.41) is 5.25. The van der Waals surface area contributed by atoms with Crippen molar-refractivity contribution in [1.29, 1.82) is 0 Å². The zero-order chi connectivity index (χ0) is 18.1. The Kier molecular flexibility index (Phi) is 4.81. The zero-order valence-corrected chi connectivity index (χ0v) is 16.0. The topological polar surface area (TPSA) is 51.0 Å². The smallest absolute Gasteiger partial charge is 0.254 e. The molecule has 0 spiro atoms. The van der Waals surface area contributed by atoms with Crippen LogP contribution in [0.4, 0.5) is 0 Å². The first-order valence-electron chi connectivity index (χ1n) is 8.10. The van der Waals surface area contributed by atoms with Crippen molar-refractivity contribution in [2.24, 2.45) is 7.05 Å². The Balaban J connectivity index is 1.93. The lowest BCUT2D eigenvalue weighted by Gasteiger charge is -2.18. The Bertz CT molecular complexity index is 931. The first-order chi connectivity index (χ1) is 11.9. The van der Waals surface area contributed by atoms with Gasteiger partial charge < -0.3 is 4.90 Å². The van der Waals surface area contributed by atoms with Crippen LogP contribution in [0.15, 0.2) is 35.2 Å². The number of hydrogen-bond acceptors (Lipinski definition) is 4. The van der Waals surface area contributed by atoms with E-state index < -0.39 is 0 Å². The van der Waals surface area contributed by atoms with E-state index in [2.05, 4.69) is 40.6 Å². The molecule has 25 heavy (non-hydrogen) atoms. The molecule has 2 heterocycles. The second-order valence-electron chi connectivity index (χ2n) is 6.23. The fourth-order valence-corrected chi connectivity index (χ4v) is 3.43. The standard InChI is InChI=1S/C19H22N4OS/c1-12-10-16(17-13(2)21-23(4)18(17)20-12)19(24)22(3)11-14-6-8-15(25-5)9-7-14/h6-10H,11H2,1-5H3. The van der Waals surface area contributed by atoms with Gasteiger partial charge in [0.2, 0.25) is 0 Å². The van der Waals surface area contributed by atoms with Crippen molar-refractivity contribution >= 4 is 28.7 Å². The molecule has 3 rings (SSSR count). The lowest BCUT2D eigenvalue weighted by molar-refractivity contribution is 0.0787. The minimum absolute atomic E-state index is 0.0134. The number of hydrogen-bond donors (Lipinski definition) is 0. The third-order valence-electron chi connectivity index (χ3n) is 4.25. The Morgan fingerprint density at radius 2 is 1.92 bits per heavy atom. The molecule has 0 aliphatic carbocycles. The van der Waals surface area contributed by atoms with Crippen molar-refractivity contribution in [3.05, 3.63) is 52.8 Å². The zero-order valence-electron chi connectivity index (χ0n) is 15.2. The van der Waals surface area contributed by atoms with Gasteiger partial charge in [-0.05, 0) is 43.9 Å². The van der Waals surface area contributed by atoms with Gasteiger partial charge in [0.15, 0.2) is 5.65 Å². The highest BCUT2D eigenvalue weighted by Gasteiger charge is 2.20. The summed E-state index contributed by atoms with van der Waals surface area (Å²) in [6, 6.07) is 10.2. The summed E-state index contributed by atoms with van der Waals surface area (Å²) < 4.78 is 1.73. The number of thioether (sulfide) groups is 1. The Labute approximate surface area is 152 Å². The molecule has 5 nitrogen and oxygen atoms in total. The van der Waals surface area contributed by atoms with Crippen LogP contribution < -0.4 is 0 Å². The summed E-state index contributed by atoms with van der Waals surface area (Å²) in [4.78, 5) is 20.5. The molecule has 0 unspecified atom stereocenters. The maximum Gasteiger partial charge on any atom is 0.254 e. The van der Waals surface area contributed by atoms with E-state index in [0.29, 0.717) is 12.1 Å². The van der Waals surface area contributed by atoms with Crippen LogP contribution in [0.25, 0.3) is 11.0 Å². The molecule has 6 heteroatoms. The third-order valence-corrected chi connectivity index (χ3v) is 5.00. The van der Waals surface area contributed by atoms with E-state index in [1.54, 1.807) is 21.3 Å². The number of amides is 1. The van der Waals surface area contributed by atoms with Gasteiger partial charge >= 0.3 is 0 Å². The normalized spacial score (nSPS) is 11.1. The number of benzene rings is 1. The van der Waals surface area contributed by atoms with Crippen LogP contribution in [-0.2, 0) is 13.6 Å². The van der Waals surface area contributed by atoms with E-state index in [4.69, 9.17) is 0 Å². The minimum atomic E-state index is -0.0134. The molecule has 0 aliphatic rings. The van der Waals surface area contributed by atoms with Crippen LogP contribution in [-0.4, -0.2) is 38.9 Å². The summed E-state index contributed by atoms with van der Waals surface area (Å²) in [6.45, 7) is 4.38. The van der Waals surface area contributed by atoms with Crippen LogP contribution in [0.2, 0.25) is 0 Å². The Morgan fingerprint density at radius 1 is 1.24 bits per heavy atom. The first kappa shape index (κ1) is 17.5. The van der Waals surface area contributed by atoms with Gasteiger partial charge in [0.1, 0.15) is 0 Å². The lowest BCUT2D eigenvalue weighted by Crippen LogP contribution is -2.26. The van der Waals surface area contributed by atoms with Crippen molar-refractivity contribution in [3.8, 4) is 0 Å². The summed E-state index contributed by atoms with van der Waals surface area (Å²) in [5.41, 5.74) is 4.16. The number of carbonyl (C=O) groups is 1. The van der Waals surface area contributed by atoms with Gasteiger partial charge in [0, 0.05) is 31.2 Å². The number of aromatic nitrogens is 3. The second-order valence-corrected chi connectivity index (χ2v) is 7.11. The average Bonchev–Trinajstić information content (AvgIpc) is 2.88. The first-order valence-corrected chi connectivity index (χ1v) is 9.32. The second kappa shape index (κ2) is 6.88. The monoisotopic (exact) mass is 354 g/mol. The van der Waals surface area contributed by atoms with E-state index in [1.807, 2.05) is 34.0 Å². The van der Waals surface area contributed by atoms with Gasteiger partial charge in [-0.3, -0.25) is 9.48 Å². The number of nitrogens with zero attached hydrogens (tertiary/aromatic N) is 4. The van der Waals surface area contributed by atoms with E-state index in [1.165, 1.54) is 4.90 Å². The molecule has 0 atom stereocenters. The molecule has 3 aromatic rings. The summed E-state index contributed by atoms with van der Waals surface area (Å²) in [5.74, 6) is -0.0134. The SMILES string of the molecule is CSc1ccc(CN(C)C(=O)c2cc(C)nc3c2c(C)nn3C)cc1. The van der Waals surface area contributed by atoms with Crippen molar-refractivity contribution in [3.63, 3.8) is 0 Å². The van der Waals surface area contributed by atoms with E-state index in [9.17, 15) is 4.79 Å². The molecule has 1 amide bonds. The fourth-order valence-electron chi connectivity index (χ4n) is 3.02. The van der Waals surface area contributed by atoms with Gasteiger partial charge in [-0.25, -0.2) is 4.98 Å². The van der Waals surface area contributed by atoms with Crippen molar-refractivity contribution < 1.29 is 4.79 Å². The highest BCUT2D eigenvalue weighted by atomic mass is 32.2. The van der Waals surface area contributed by atoms with Crippen LogP contribution in [0.3, 0.4) is 0 Å². The molecule has 0 fully saturated rings. The van der Waals surface area contributed by atoms with Crippen LogP contribution in [0, 0.1) is 13.8 Å². The number of carbonyl (C=O) groups excluding carboxylic acids is 1. The van der Waals surface area contributed by atoms with Gasteiger partial charge in [0.05, 0.1) is 16.6 Å². The fraction of sp³-hybridized carbons (Fsp3) is 0.316. The van der Waals surface area contributed by atoms with Crippen LogP contribution in [0.5, 0.6) is 0 Å². The molecule has 0 N–H and O–H groups in total. The van der Waals surface area contributed by atoms with Gasteiger partial charge in [-0.15, -0.1) is 11.8 Å². The van der Waals surface area contributed by atoms with E-state index >= 15 is 0 Å². The van der Waals surface area contributed by atoms with Crippen molar-refractivity contribution in [2.75, 3.05) is 13.3 Å². The molecule has 0 saturated heterocycles. The molecule has 0 aliphatic heterocycles. The van der Waals surface area contributed by atoms with Gasteiger partial charge in [-0.2, -0.15) is 5.10 Å². The van der Waals surface area contributed by atoms with E-state index in [0.717, 1.165) is 28.0 Å². The van der Waals surface area contributed by atoms with Crippen LogP contribution >= 0.6 is 11.8 Å². The van der Waals surface area contributed by atoms with Crippen molar-refractivity contribution in [2.45, 2.75) is 25.3 Å². The van der Waals surface area contributed by atoms with Gasteiger partial charge in [0.25, 0.3) is 5.91 Å². The Hall–Kier alpha value is -2.34. The molecular weight excluding hydrogens is 332 g/mol. The highest BCUT2D eigenvalue weighted by molar-refractivity contribution is 7.98. The summed E-state index contributed by atoms with van der Waals surface area (Å²) in [6.07, 6.45) is 2.05. The minimum Gasteiger partial charge on any atom is -0.337 e. The lowest BCUT2D eigenvalue weighted by atomic mass is 10.1. The highest BCUT2D eigenvalue weighted by Crippen LogP contribution is 2.23. The third kappa shape index (κ3) is 3.39. The average molecular weight is 354 g/mol. The molecule has 130 valence electrons. The summed E-state index contributed by atoms with van der Waals surface area (Å²) in [7, 11) is 3.69. The van der Waals surface area contributed by atoms with Crippen LogP contribution in [0.1, 0.15) is 27.3 Å². The maximum atomic E-state index is 13.1. The van der Waals surface area contributed by atoms with Gasteiger partial charge in [-0.1, -0.05) is 12.1 Å². The number of fused-ring (bicyclic) bond motifs is 1. The van der Waals surface area contributed by atoms with E-state index in [-0.39, 0.29) is 5.91 Å². The molecule has 1 aromatic carbocycles. The maximum absolute atomic E-state index is 13.1. The molecule has 2 aromatic heterocycles.